The van der Waals surface area contributed by atoms with Crippen LogP contribution < -0.4 is 10.1 Å². The van der Waals surface area contributed by atoms with E-state index in [0.29, 0.717) is 24.6 Å². The second kappa shape index (κ2) is 14.5. The van der Waals surface area contributed by atoms with Gasteiger partial charge >= 0.3 is 0 Å². The van der Waals surface area contributed by atoms with Gasteiger partial charge in [0.05, 0.1) is 29.1 Å². The Balaban J connectivity index is 1.04. The monoisotopic (exact) mass is 565 g/mol. The van der Waals surface area contributed by atoms with Crippen LogP contribution in [0.15, 0.2) is 103 Å². The number of aryl methyl sites for hydroxylation is 2. The van der Waals surface area contributed by atoms with Crippen molar-refractivity contribution < 1.29 is 9.53 Å². The van der Waals surface area contributed by atoms with Crippen molar-refractivity contribution in [1.82, 2.24) is 14.9 Å². The van der Waals surface area contributed by atoms with Gasteiger partial charge in [-0.25, -0.2) is 4.98 Å². The predicted molar refractivity (Wildman–Crippen MR) is 167 cm³/mol. The van der Waals surface area contributed by atoms with Crippen molar-refractivity contribution in [1.29, 1.82) is 0 Å². The maximum absolute atomic E-state index is 12.5. The molecule has 0 unspecified atom stereocenters. The summed E-state index contributed by atoms with van der Waals surface area (Å²) in [7, 11) is 0. The Morgan fingerprint density at radius 1 is 0.780 bits per heavy atom. The van der Waals surface area contributed by atoms with E-state index in [4.69, 9.17) is 21.3 Å². The molecule has 1 amide bonds. The number of nitrogens with zero attached hydrogens (tertiary/aromatic N) is 2. The molecule has 5 aromatic rings. The minimum absolute atomic E-state index is 0.0678. The number of carbonyl (C=O) groups excluding carboxylic acids is 1. The van der Waals surface area contributed by atoms with Crippen molar-refractivity contribution in [3.05, 3.63) is 120 Å². The molecule has 0 radical (unpaired) electrons. The number of fused-ring (bicyclic) bond motifs is 1. The molecular formula is C35H36ClN3O2. The Morgan fingerprint density at radius 2 is 1.51 bits per heavy atom. The molecule has 0 atom stereocenters. The fourth-order valence-electron chi connectivity index (χ4n) is 5.04. The van der Waals surface area contributed by atoms with Gasteiger partial charge in [0.1, 0.15) is 11.6 Å². The summed E-state index contributed by atoms with van der Waals surface area (Å²) >= 11 is 6.21. The second-order valence-corrected chi connectivity index (χ2v) is 10.6. The van der Waals surface area contributed by atoms with Crippen molar-refractivity contribution in [2.45, 2.75) is 45.1 Å². The summed E-state index contributed by atoms with van der Waals surface area (Å²) < 4.78 is 8.21. The summed E-state index contributed by atoms with van der Waals surface area (Å²) in [6, 6.07) is 34.4. The number of aromatic nitrogens is 2. The van der Waals surface area contributed by atoms with E-state index in [9.17, 15) is 4.79 Å². The smallest absolute Gasteiger partial charge is 0.224 e. The third-order valence-electron chi connectivity index (χ3n) is 7.18. The Morgan fingerprint density at radius 3 is 2.34 bits per heavy atom. The number of hydrogen-bond acceptors (Lipinski definition) is 3. The van der Waals surface area contributed by atoms with Crippen LogP contribution in [0.5, 0.6) is 5.75 Å². The number of unbranched alkanes of at least 4 members (excludes halogenated alkanes) is 2. The highest BCUT2D eigenvalue weighted by molar-refractivity contribution is 6.32. The first kappa shape index (κ1) is 28.4. The van der Waals surface area contributed by atoms with E-state index >= 15 is 0 Å². The average Bonchev–Trinajstić information content (AvgIpc) is 3.36. The molecule has 210 valence electrons. The number of benzene rings is 4. The quantitative estimate of drug-likeness (QED) is 0.139. The lowest BCUT2D eigenvalue weighted by Crippen LogP contribution is -2.26. The number of rotatable bonds is 14. The van der Waals surface area contributed by atoms with E-state index in [1.165, 1.54) is 5.56 Å². The Hall–Kier alpha value is -4.09. The zero-order valence-electron chi connectivity index (χ0n) is 23.3. The molecular weight excluding hydrogens is 530 g/mol. The minimum atomic E-state index is 0.0678. The topological polar surface area (TPSA) is 56.2 Å². The fraction of sp³-hybridized carbons (Fsp3) is 0.257. The van der Waals surface area contributed by atoms with E-state index in [-0.39, 0.29) is 5.91 Å². The van der Waals surface area contributed by atoms with Gasteiger partial charge in [0.25, 0.3) is 0 Å². The molecule has 0 aliphatic rings. The van der Waals surface area contributed by atoms with E-state index in [1.807, 2.05) is 60.7 Å². The number of hydrogen-bond donors (Lipinski definition) is 1. The van der Waals surface area contributed by atoms with Crippen LogP contribution in [0.2, 0.25) is 5.02 Å². The number of carbonyl (C=O) groups is 1. The lowest BCUT2D eigenvalue weighted by atomic mass is 10.0. The normalized spacial score (nSPS) is 11.0. The first-order valence-corrected chi connectivity index (χ1v) is 14.8. The van der Waals surface area contributed by atoms with Crippen molar-refractivity contribution in [3.8, 4) is 16.9 Å². The first-order chi connectivity index (χ1) is 20.2. The maximum Gasteiger partial charge on any atom is 0.224 e. The van der Waals surface area contributed by atoms with Crippen molar-refractivity contribution in [2.24, 2.45) is 0 Å². The molecule has 0 saturated carbocycles. The molecule has 0 saturated heterocycles. The number of halogens is 1. The van der Waals surface area contributed by atoms with Crippen molar-refractivity contribution in [2.75, 3.05) is 13.2 Å². The van der Waals surface area contributed by atoms with Crippen molar-refractivity contribution in [3.63, 3.8) is 0 Å². The molecule has 0 fully saturated rings. The van der Waals surface area contributed by atoms with Gasteiger partial charge < -0.3 is 14.6 Å². The molecule has 5 rings (SSSR count). The summed E-state index contributed by atoms with van der Waals surface area (Å²) in [5.41, 5.74) is 5.55. The molecule has 0 spiro atoms. The van der Waals surface area contributed by atoms with Crippen LogP contribution in [0.1, 0.15) is 37.1 Å². The van der Waals surface area contributed by atoms with Crippen LogP contribution in [0.25, 0.3) is 22.2 Å². The molecule has 6 heteroatoms. The molecule has 5 nitrogen and oxygen atoms in total. The van der Waals surface area contributed by atoms with E-state index in [1.54, 1.807) is 0 Å². The van der Waals surface area contributed by atoms with Gasteiger partial charge in [0.2, 0.25) is 5.91 Å². The maximum atomic E-state index is 12.5. The average molecular weight is 566 g/mol. The largest absolute Gasteiger partial charge is 0.492 e. The van der Waals surface area contributed by atoms with Crippen LogP contribution >= 0.6 is 11.6 Å². The lowest BCUT2D eigenvalue weighted by molar-refractivity contribution is -0.120. The third kappa shape index (κ3) is 7.99. The number of para-hydroxylation sites is 3. The Labute approximate surface area is 247 Å². The molecule has 0 aliphatic carbocycles. The van der Waals surface area contributed by atoms with Crippen LogP contribution in [-0.2, 0) is 24.2 Å². The van der Waals surface area contributed by atoms with E-state index in [0.717, 1.165) is 72.4 Å². The lowest BCUT2D eigenvalue weighted by Gasteiger charge is -2.11. The van der Waals surface area contributed by atoms with E-state index in [2.05, 4.69) is 52.3 Å². The molecule has 0 aliphatic heterocycles. The number of nitrogens with one attached hydrogen (secondary N) is 1. The SMILES string of the molecule is O=C(Cc1ccc(-c2ccccc2)cc1)NCCCCCc1nc2ccccc2n1CCCOc1ccccc1Cl. The molecule has 41 heavy (non-hydrogen) atoms. The van der Waals surface area contributed by atoms with Gasteiger partial charge in [-0.1, -0.05) is 96.9 Å². The molecule has 0 bridgehead atoms. The van der Waals surface area contributed by atoms with Gasteiger partial charge in [-0.3, -0.25) is 4.79 Å². The Bertz CT molecular complexity index is 1550. The Kier molecular flexibility index (Phi) is 10.1. The minimum Gasteiger partial charge on any atom is -0.492 e. The fourth-order valence-corrected chi connectivity index (χ4v) is 5.23. The zero-order valence-corrected chi connectivity index (χ0v) is 24.0. The summed E-state index contributed by atoms with van der Waals surface area (Å²) in [5, 5.41) is 3.71. The number of imidazole rings is 1. The highest BCUT2D eigenvalue weighted by atomic mass is 35.5. The summed E-state index contributed by atoms with van der Waals surface area (Å²) in [5.74, 6) is 1.89. The predicted octanol–water partition coefficient (Wildman–Crippen LogP) is 7.90. The summed E-state index contributed by atoms with van der Waals surface area (Å²) in [6.07, 6.45) is 5.17. The van der Waals surface area contributed by atoms with Crippen LogP contribution in [0, 0.1) is 0 Å². The van der Waals surface area contributed by atoms with E-state index < -0.39 is 0 Å². The van der Waals surface area contributed by atoms with Crippen LogP contribution in [0.3, 0.4) is 0 Å². The van der Waals surface area contributed by atoms with Crippen LogP contribution in [0.4, 0.5) is 0 Å². The number of amides is 1. The highest BCUT2D eigenvalue weighted by Gasteiger charge is 2.11. The molecule has 1 aromatic heterocycles. The molecule has 1 N–H and O–H groups in total. The summed E-state index contributed by atoms with van der Waals surface area (Å²) in [6.45, 7) is 2.12. The number of ether oxygens (including phenoxy) is 1. The first-order valence-electron chi connectivity index (χ1n) is 14.4. The standard InChI is InChI=1S/C35H36ClN3O2/c36-30-14-6-9-17-33(30)41-25-11-24-39-32-16-8-7-15-31(32)38-34(39)18-5-2-10-23-37-35(40)26-27-19-21-29(22-20-27)28-12-3-1-4-13-28/h1,3-4,6-9,12-17,19-22H,2,5,10-11,18,23-26H2,(H,37,40). The van der Waals surface area contributed by atoms with Crippen molar-refractivity contribution >= 4 is 28.5 Å². The summed E-state index contributed by atoms with van der Waals surface area (Å²) in [4.78, 5) is 17.4. The van der Waals surface area contributed by atoms with Gasteiger partial charge in [0.15, 0.2) is 0 Å². The van der Waals surface area contributed by atoms with Gasteiger partial charge in [-0.15, -0.1) is 0 Å². The highest BCUT2D eigenvalue weighted by Crippen LogP contribution is 2.24. The third-order valence-corrected chi connectivity index (χ3v) is 7.49. The molecule has 1 heterocycles. The van der Waals surface area contributed by atoms with Crippen LogP contribution in [-0.4, -0.2) is 28.6 Å². The van der Waals surface area contributed by atoms with Gasteiger partial charge in [-0.05, 0) is 60.2 Å². The van der Waals surface area contributed by atoms with Gasteiger partial charge in [0, 0.05) is 19.5 Å². The zero-order chi connectivity index (χ0) is 28.3. The van der Waals surface area contributed by atoms with Gasteiger partial charge in [-0.2, -0.15) is 0 Å². The second-order valence-electron chi connectivity index (χ2n) is 10.2. The molecule has 4 aromatic carbocycles.